The van der Waals surface area contributed by atoms with Crippen molar-refractivity contribution in [1.29, 1.82) is 0 Å². The molecule has 154 valence electrons. The highest BCUT2D eigenvalue weighted by atomic mass is 32.1. The van der Waals surface area contributed by atoms with E-state index in [1.807, 2.05) is 22.4 Å². The molecule has 3 heterocycles. The van der Waals surface area contributed by atoms with Crippen molar-refractivity contribution >= 4 is 23.2 Å². The van der Waals surface area contributed by atoms with Gasteiger partial charge >= 0.3 is 0 Å². The van der Waals surface area contributed by atoms with Gasteiger partial charge in [0.25, 0.3) is 5.91 Å². The quantitative estimate of drug-likeness (QED) is 0.833. The number of likely N-dealkylation sites (tertiary alicyclic amines) is 1. The Morgan fingerprint density at radius 2 is 1.72 bits per heavy atom. The second kappa shape index (κ2) is 9.09. The van der Waals surface area contributed by atoms with Crippen molar-refractivity contribution in [3.63, 3.8) is 0 Å². The predicted molar refractivity (Wildman–Crippen MR) is 115 cm³/mol. The van der Waals surface area contributed by atoms with Gasteiger partial charge in [-0.2, -0.15) is 0 Å². The van der Waals surface area contributed by atoms with E-state index in [4.69, 9.17) is 0 Å². The summed E-state index contributed by atoms with van der Waals surface area (Å²) in [4.78, 5) is 31.8. The topological polar surface area (TPSA) is 45.1 Å². The van der Waals surface area contributed by atoms with Crippen LogP contribution in [0.4, 0.5) is 0 Å². The summed E-state index contributed by atoms with van der Waals surface area (Å²) in [6.45, 7) is 8.29. The van der Waals surface area contributed by atoms with E-state index in [-0.39, 0.29) is 11.8 Å². The number of carbonyl (C=O) groups is 2. The molecule has 5 nitrogen and oxygen atoms in total. The number of rotatable bonds is 4. The summed E-state index contributed by atoms with van der Waals surface area (Å²) in [5.41, 5.74) is 2.76. The fourth-order valence-corrected chi connectivity index (χ4v) is 5.13. The molecule has 2 aromatic rings. The number of carbonyl (C=O) groups excluding carboxylic acids is 2. The maximum absolute atomic E-state index is 13.0. The summed E-state index contributed by atoms with van der Waals surface area (Å²) < 4.78 is 0. The Hall–Kier alpha value is -2.18. The van der Waals surface area contributed by atoms with Crippen LogP contribution in [0.15, 0.2) is 41.8 Å². The van der Waals surface area contributed by atoms with Crippen molar-refractivity contribution in [2.24, 2.45) is 5.92 Å². The number of piperidine rings is 1. The molecule has 0 saturated carbocycles. The van der Waals surface area contributed by atoms with Crippen LogP contribution in [0.2, 0.25) is 0 Å². The Bertz CT molecular complexity index is 836. The number of hydrogen-bond donors (Lipinski definition) is 1. The number of thiophene rings is 1. The molecule has 2 fully saturated rings. The van der Waals surface area contributed by atoms with Gasteiger partial charge in [-0.25, -0.2) is 0 Å². The number of nitrogens with zero attached hydrogens (tertiary/aromatic N) is 2. The van der Waals surface area contributed by atoms with Gasteiger partial charge in [0.2, 0.25) is 5.91 Å². The Labute approximate surface area is 176 Å². The molecule has 29 heavy (non-hydrogen) atoms. The lowest BCUT2D eigenvalue weighted by molar-refractivity contribution is -0.917. The van der Waals surface area contributed by atoms with Crippen LogP contribution in [-0.2, 0) is 11.3 Å². The summed E-state index contributed by atoms with van der Waals surface area (Å²) in [5, 5.41) is 1.93. The van der Waals surface area contributed by atoms with Crippen molar-refractivity contribution in [2.45, 2.75) is 26.3 Å². The zero-order valence-corrected chi connectivity index (χ0v) is 17.9. The number of piperazine rings is 1. The van der Waals surface area contributed by atoms with E-state index in [1.54, 1.807) is 4.90 Å². The average molecular weight is 413 g/mol. The first kappa shape index (κ1) is 20.1. The minimum atomic E-state index is 0.0697. The number of amides is 2. The van der Waals surface area contributed by atoms with E-state index in [0.29, 0.717) is 19.0 Å². The predicted octanol–water partition coefficient (Wildman–Crippen LogP) is 1.84. The molecular weight excluding hydrogens is 382 g/mol. The summed E-state index contributed by atoms with van der Waals surface area (Å²) in [6.07, 6.45) is 1.57. The number of hydrogen-bond acceptors (Lipinski definition) is 3. The van der Waals surface area contributed by atoms with Crippen LogP contribution < -0.4 is 4.90 Å². The van der Waals surface area contributed by atoms with Gasteiger partial charge in [-0.15, -0.1) is 11.3 Å². The Morgan fingerprint density at radius 3 is 2.38 bits per heavy atom. The van der Waals surface area contributed by atoms with Crippen LogP contribution in [0.1, 0.15) is 33.6 Å². The minimum absolute atomic E-state index is 0.0697. The van der Waals surface area contributed by atoms with Gasteiger partial charge in [-0.05, 0) is 36.8 Å². The van der Waals surface area contributed by atoms with Crippen LogP contribution >= 0.6 is 11.3 Å². The second-order valence-electron chi connectivity index (χ2n) is 8.22. The van der Waals surface area contributed by atoms with Crippen molar-refractivity contribution in [1.82, 2.24) is 9.80 Å². The number of benzene rings is 1. The normalized spacial score (nSPS) is 18.8. The van der Waals surface area contributed by atoms with Crippen molar-refractivity contribution in [2.75, 3.05) is 39.3 Å². The zero-order valence-electron chi connectivity index (χ0n) is 17.1. The summed E-state index contributed by atoms with van der Waals surface area (Å²) in [6, 6.07) is 12.4. The summed E-state index contributed by atoms with van der Waals surface area (Å²) in [5.74, 6) is 0.475. The van der Waals surface area contributed by atoms with Crippen LogP contribution in [0.5, 0.6) is 0 Å². The molecule has 2 amide bonds. The first-order chi connectivity index (χ1) is 14.1. The molecule has 2 aliphatic heterocycles. The third kappa shape index (κ3) is 4.70. The van der Waals surface area contributed by atoms with E-state index in [1.165, 1.54) is 22.5 Å². The highest BCUT2D eigenvalue weighted by Gasteiger charge is 2.33. The highest BCUT2D eigenvalue weighted by Crippen LogP contribution is 2.22. The molecule has 6 heteroatoms. The fourth-order valence-electron chi connectivity index (χ4n) is 4.44. The lowest BCUT2D eigenvalue weighted by atomic mass is 9.94. The van der Waals surface area contributed by atoms with E-state index < -0.39 is 0 Å². The molecule has 0 aliphatic carbocycles. The number of quaternary nitrogens is 1. The second-order valence-corrected chi connectivity index (χ2v) is 9.17. The monoisotopic (exact) mass is 412 g/mol. The third-order valence-electron chi connectivity index (χ3n) is 6.35. The van der Waals surface area contributed by atoms with Crippen LogP contribution in [0.3, 0.4) is 0 Å². The highest BCUT2D eigenvalue weighted by molar-refractivity contribution is 7.12. The van der Waals surface area contributed by atoms with Crippen LogP contribution in [0, 0.1) is 12.8 Å². The van der Waals surface area contributed by atoms with Crippen LogP contribution in [-0.4, -0.2) is 60.9 Å². The molecule has 0 unspecified atom stereocenters. The molecule has 4 rings (SSSR count). The van der Waals surface area contributed by atoms with Gasteiger partial charge in [-0.1, -0.05) is 30.3 Å². The molecule has 2 aliphatic rings. The van der Waals surface area contributed by atoms with Gasteiger partial charge in [0.05, 0.1) is 31.1 Å². The molecular formula is C23H30N3O2S+. The minimum Gasteiger partial charge on any atom is -0.338 e. The van der Waals surface area contributed by atoms with E-state index in [9.17, 15) is 9.59 Å². The van der Waals surface area contributed by atoms with Crippen molar-refractivity contribution in [3.05, 3.63) is 57.8 Å². The number of aryl methyl sites for hydroxylation is 1. The molecule has 1 aromatic heterocycles. The molecule has 2 saturated heterocycles. The van der Waals surface area contributed by atoms with Crippen molar-refractivity contribution in [3.8, 4) is 0 Å². The lowest BCUT2D eigenvalue weighted by Crippen LogP contribution is -3.13. The average Bonchev–Trinajstić information content (AvgIpc) is 3.30. The van der Waals surface area contributed by atoms with Gasteiger partial charge in [0.15, 0.2) is 0 Å². The van der Waals surface area contributed by atoms with E-state index in [0.717, 1.165) is 50.4 Å². The molecule has 0 bridgehead atoms. The standard InChI is InChI=1S/C23H29N3O2S/c1-18-5-2-3-6-20(18)17-24-12-14-26(15-13-24)22(27)19-8-10-25(11-9-19)23(28)21-7-4-16-29-21/h2-7,16,19H,8-15,17H2,1H3/p+1. The van der Waals surface area contributed by atoms with Crippen LogP contribution in [0.25, 0.3) is 0 Å². The largest absolute Gasteiger partial charge is 0.338 e. The molecule has 0 atom stereocenters. The van der Waals surface area contributed by atoms with Gasteiger partial charge in [0, 0.05) is 24.6 Å². The Morgan fingerprint density at radius 1 is 1.00 bits per heavy atom. The Kier molecular flexibility index (Phi) is 6.31. The molecule has 0 radical (unpaired) electrons. The lowest BCUT2D eigenvalue weighted by Gasteiger charge is -2.37. The van der Waals surface area contributed by atoms with E-state index in [2.05, 4.69) is 36.1 Å². The fraction of sp³-hybridized carbons (Fsp3) is 0.478. The first-order valence-electron chi connectivity index (χ1n) is 10.6. The SMILES string of the molecule is Cc1ccccc1C[NH+]1CCN(C(=O)C2CCN(C(=O)c3cccs3)CC2)CC1. The molecule has 0 spiro atoms. The van der Waals surface area contributed by atoms with Gasteiger partial charge < -0.3 is 14.7 Å². The van der Waals surface area contributed by atoms with E-state index >= 15 is 0 Å². The third-order valence-corrected chi connectivity index (χ3v) is 7.21. The van der Waals surface area contributed by atoms with Crippen molar-refractivity contribution < 1.29 is 14.5 Å². The summed E-state index contributed by atoms with van der Waals surface area (Å²) >= 11 is 1.49. The molecule has 1 N–H and O–H groups in total. The maximum atomic E-state index is 13.0. The maximum Gasteiger partial charge on any atom is 0.263 e. The molecule has 1 aromatic carbocycles. The Balaban J connectivity index is 1.24. The van der Waals surface area contributed by atoms with Gasteiger partial charge in [0.1, 0.15) is 6.54 Å². The summed E-state index contributed by atoms with van der Waals surface area (Å²) in [7, 11) is 0. The smallest absolute Gasteiger partial charge is 0.263 e. The number of nitrogens with one attached hydrogen (secondary N) is 1. The van der Waals surface area contributed by atoms with Gasteiger partial charge in [-0.3, -0.25) is 9.59 Å². The zero-order chi connectivity index (χ0) is 20.2. The first-order valence-corrected chi connectivity index (χ1v) is 11.5.